The lowest BCUT2D eigenvalue weighted by molar-refractivity contribution is 0.483. The van der Waals surface area contributed by atoms with E-state index in [9.17, 15) is 0 Å². The summed E-state index contributed by atoms with van der Waals surface area (Å²) in [7, 11) is 0. The van der Waals surface area contributed by atoms with E-state index in [0.717, 1.165) is 103 Å². The normalized spacial score (nSPS) is 13.8. The molecule has 11 aromatic rings. The van der Waals surface area contributed by atoms with Crippen LogP contribution in [0, 0.1) is 0 Å². The van der Waals surface area contributed by atoms with Crippen LogP contribution in [0.3, 0.4) is 0 Å². The number of benzene rings is 8. The van der Waals surface area contributed by atoms with Crippen molar-refractivity contribution in [2.24, 2.45) is 0 Å². The first-order chi connectivity index (χ1) is 35.9. The molecule has 0 radical (unpaired) electrons. The van der Waals surface area contributed by atoms with Crippen LogP contribution in [-0.4, -0.2) is 25.8 Å². The first-order valence-corrected chi connectivity index (χ1v) is 26.2. The highest BCUT2D eigenvalue weighted by Crippen LogP contribution is 2.50. The fourth-order valence-electron chi connectivity index (χ4n) is 11.4. The van der Waals surface area contributed by atoms with Crippen molar-refractivity contribution in [3.05, 3.63) is 211 Å². The standard InChI is InChI=1S/C67H60N6O/c1-66(2,3)47-27-29-49(30-28-47)71-43-72(61-41-57-60(42-62(61)71)70-35-16-15-26-63(70)69-57)50-36-46(65-53(44-18-9-7-10-19-44)23-17-24-54(65)45-20-11-8-12-21-45)37-52(39-50)74-51-31-32-56-55-22-13-14-25-58(55)73(59(56)40-51)64-38-48(33-34-68-64)67(4,5)6/h7-14,17-25,27-34,36-42H,15-16,26,35,43H2,1-6H3. The molecule has 0 spiro atoms. The number of hydrogen-bond donors (Lipinski definition) is 0. The SMILES string of the molecule is CC(C)(C)c1ccc(N2CN(c3cc(Oc4ccc5c6ccccc6n(-c6cc(C(C)(C)C)ccn6)c5c4)cc(-c4c(-c5ccccc5)cccc4-c4ccccc4)c3)c3cc4nc5n(c4cc32)CCCC5)cc1. The van der Waals surface area contributed by atoms with Crippen molar-refractivity contribution in [1.29, 1.82) is 0 Å². The molecule has 8 aromatic carbocycles. The van der Waals surface area contributed by atoms with Gasteiger partial charge in [-0.15, -0.1) is 0 Å². The Morgan fingerprint density at radius 2 is 1.16 bits per heavy atom. The predicted molar refractivity (Wildman–Crippen MR) is 307 cm³/mol. The maximum atomic E-state index is 7.29. The van der Waals surface area contributed by atoms with Crippen LogP contribution in [0.1, 0.15) is 71.3 Å². The Bertz CT molecular complexity index is 3870. The highest BCUT2D eigenvalue weighted by Gasteiger charge is 2.32. The van der Waals surface area contributed by atoms with E-state index in [-0.39, 0.29) is 10.8 Å². The van der Waals surface area contributed by atoms with Crippen molar-refractivity contribution >= 4 is 55.6 Å². The Kier molecular flexibility index (Phi) is 10.8. The maximum absolute atomic E-state index is 7.29. The molecule has 2 aliphatic heterocycles. The monoisotopic (exact) mass is 964 g/mol. The average Bonchev–Trinajstić information content (AvgIpc) is 4.09. The largest absolute Gasteiger partial charge is 0.457 e. The van der Waals surface area contributed by atoms with E-state index in [0.29, 0.717) is 6.67 Å². The average molecular weight is 965 g/mol. The summed E-state index contributed by atoms with van der Waals surface area (Å²) < 4.78 is 12.0. The highest BCUT2D eigenvalue weighted by atomic mass is 16.5. The van der Waals surface area contributed by atoms with Gasteiger partial charge in [0.1, 0.15) is 29.8 Å². The van der Waals surface area contributed by atoms with Gasteiger partial charge in [-0.25, -0.2) is 9.97 Å². The molecule has 0 aliphatic carbocycles. The van der Waals surface area contributed by atoms with Gasteiger partial charge in [-0.3, -0.25) is 4.57 Å². The summed E-state index contributed by atoms with van der Waals surface area (Å²) in [6, 6.07) is 68.4. The molecule has 3 aromatic heterocycles. The van der Waals surface area contributed by atoms with Crippen LogP contribution >= 0.6 is 0 Å². The summed E-state index contributed by atoms with van der Waals surface area (Å²) in [6.07, 6.45) is 5.27. The number of fused-ring (bicyclic) bond motifs is 7. The molecule has 364 valence electrons. The number of anilines is 4. The van der Waals surface area contributed by atoms with Crippen molar-refractivity contribution in [2.45, 2.75) is 78.2 Å². The molecule has 0 saturated heterocycles. The van der Waals surface area contributed by atoms with Gasteiger partial charge in [-0.1, -0.05) is 151 Å². The lowest BCUT2D eigenvalue weighted by Gasteiger charge is -2.25. The van der Waals surface area contributed by atoms with E-state index in [1.807, 2.05) is 6.20 Å². The molecule has 7 nitrogen and oxygen atoms in total. The van der Waals surface area contributed by atoms with Gasteiger partial charge in [0.05, 0.1) is 33.4 Å². The summed E-state index contributed by atoms with van der Waals surface area (Å²) in [5.74, 6) is 3.54. The summed E-state index contributed by atoms with van der Waals surface area (Å²) in [5, 5.41) is 2.32. The molecule has 0 fully saturated rings. The number of ether oxygens (including phenoxy) is 1. The topological polar surface area (TPSA) is 51.4 Å². The van der Waals surface area contributed by atoms with Gasteiger partial charge < -0.3 is 19.1 Å². The summed E-state index contributed by atoms with van der Waals surface area (Å²) in [4.78, 5) is 15.2. The highest BCUT2D eigenvalue weighted by molar-refractivity contribution is 6.09. The smallest absolute Gasteiger partial charge is 0.137 e. The number of hydrogen-bond acceptors (Lipinski definition) is 5. The van der Waals surface area contributed by atoms with Crippen LogP contribution in [0.2, 0.25) is 0 Å². The van der Waals surface area contributed by atoms with Crippen molar-refractivity contribution < 1.29 is 4.74 Å². The maximum Gasteiger partial charge on any atom is 0.137 e. The number of rotatable bonds is 8. The van der Waals surface area contributed by atoms with E-state index >= 15 is 0 Å². The van der Waals surface area contributed by atoms with Crippen molar-refractivity contribution in [3.63, 3.8) is 0 Å². The Morgan fingerprint density at radius 1 is 0.486 bits per heavy atom. The minimum absolute atomic E-state index is 0.0388. The molecule has 5 heterocycles. The van der Waals surface area contributed by atoms with Crippen LogP contribution in [0.25, 0.3) is 72.0 Å². The Hall–Kier alpha value is -8.42. The van der Waals surface area contributed by atoms with E-state index in [2.05, 4.69) is 249 Å². The first-order valence-electron chi connectivity index (χ1n) is 26.2. The van der Waals surface area contributed by atoms with E-state index in [1.165, 1.54) is 46.4 Å². The first kappa shape index (κ1) is 45.4. The molecule has 2 aliphatic rings. The number of pyridine rings is 1. The number of imidazole rings is 1. The van der Waals surface area contributed by atoms with Crippen LogP contribution in [0.4, 0.5) is 22.7 Å². The van der Waals surface area contributed by atoms with E-state index < -0.39 is 0 Å². The molecule has 0 N–H and O–H groups in total. The zero-order valence-corrected chi connectivity index (χ0v) is 43.1. The number of para-hydroxylation sites is 1. The van der Waals surface area contributed by atoms with Gasteiger partial charge in [0.2, 0.25) is 0 Å². The minimum atomic E-state index is -0.0409. The Balaban J connectivity index is 1.02. The second kappa shape index (κ2) is 17.7. The lowest BCUT2D eigenvalue weighted by Crippen LogP contribution is -2.24. The number of nitrogens with zero attached hydrogens (tertiary/aromatic N) is 6. The fraction of sp³-hybridized carbons (Fsp3) is 0.194. The lowest BCUT2D eigenvalue weighted by atomic mass is 9.87. The second-order valence-electron chi connectivity index (χ2n) is 22.2. The molecule has 74 heavy (non-hydrogen) atoms. The third-order valence-corrected chi connectivity index (χ3v) is 15.3. The van der Waals surface area contributed by atoms with Crippen molar-refractivity contribution in [2.75, 3.05) is 16.5 Å². The molecular weight excluding hydrogens is 905 g/mol. The number of aromatic nitrogens is 4. The van der Waals surface area contributed by atoms with Gasteiger partial charge in [0.15, 0.2) is 0 Å². The molecule has 13 rings (SSSR count). The van der Waals surface area contributed by atoms with Gasteiger partial charge in [0, 0.05) is 53.4 Å². The third kappa shape index (κ3) is 7.99. The van der Waals surface area contributed by atoms with Crippen LogP contribution in [0.15, 0.2) is 194 Å². The quantitative estimate of drug-likeness (QED) is 0.152. The molecule has 7 heteroatoms. The fourth-order valence-corrected chi connectivity index (χ4v) is 11.4. The van der Waals surface area contributed by atoms with Crippen LogP contribution in [0.5, 0.6) is 11.5 Å². The molecule has 0 saturated carbocycles. The molecule has 0 atom stereocenters. The van der Waals surface area contributed by atoms with E-state index in [1.54, 1.807) is 0 Å². The van der Waals surface area contributed by atoms with E-state index in [4.69, 9.17) is 14.7 Å². The van der Waals surface area contributed by atoms with Gasteiger partial charge in [-0.05, 0) is 135 Å². The molecule has 0 unspecified atom stereocenters. The van der Waals surface area contributed by atoms with Crippen molar-refractivity contribution in [3.8, 4) is 50.7 Å². The van der Waals surface area contributed by atoms with Gasteiger partial charge in [0.25, 0.3) is 0 Å². The predicted octanol–water partition coefficient (Wildman–Crippen LogP) is 17.5. The second-order valence-corrected chi connectivity index (χ2v) is 22.2. The van der Waals surface area contributed by atoms with Gasteiger partial charge >= 0.3 is 0 Å². The van der Waals surface area contributed by atoms with Gasteiger partial charge in [-0.2, -0.15) is 0 Å². The minimum Gasteiger partial charge on any atom is -0.457 e. The van der Waals surface area contributed by atoms with Crippen LogP contribution in [-0.2, 0) is 23.8 Å². The summed E-state index contributed by atoms with van der Waals surface area (Å²) in [6.45, 7) is 15.2. The number of aryl methyl sites for hydroxylation is 2. The van der Waals surface area contributed by atoms with Crippen molar-refractivity contribution in [1.82, 2.24) is 19.1 Å². The molecule has 0 amide bonds. The summed E-state index contributed by atoms with van der Waals surface area (Å²) >= 11 is 0. The molecule has 0 bridgehead atoms. The zero-order valence-electron chi connectivity index (χ0n) is 43.1. The molecular formula is C67H60N6O. The summed E-state index contributed by atoms with van der Waals surface area (Å²) in [5.41, 5.74) is 18.2. The Labute approximate surface area is 434 Å². The van der Waals surface area contributed by atoms with Crippen LogP contribution < -0.4 is 14.5 Å². The Morgan fingerprint density at radius 3 is 1.89 bits per heavy atom. The third-order valence-electron chi connectivity index (χ3n) is 15.3. The zero-order chi connectivity index (χ0) is 50.3.